The number of ether oxygens (including phenoxy) is 1. The van der Waals surface area contributed by atoms with E-state index in [1.807, 2.05) is 12.1 Å². The van der Waals surface area contributed by atoms with E-state index in [0.717, 1.165) is 18.4 Å². The van der Waals surface area contributed by atoms with Crippen LogP contribution in [0.25, 0.3) is 0 Å². The predicted molar refractivity (Wildman–Crippen MR) is 92.6 cm³/mol. The Kier molecular flexibility index (Phi) is 5.14. The van der Waals surface area contributed by atoms with Gasteiger partial charge in [-0.1, -0.05) is 0 Å². The Morgan fingerprint density at radius 3 is 2.41 bits per heavy atom. The van der Waals surface area contributed by atoms with Gasteiger partial charge in [-0.05, 0) is 68.1 Å². The van der Waals surface area contributed by atoms with Crippen molar-refractivity contribution in [2.45, 2.75) is 56.8 Å². The van der Waals surface area contributed by atoms with E-state index in [1.54, 1.807) is 12.4 Å². The van der Waals surface area contributed by atoms with Crippen LogP contribution in [0.4, 0.5) is 13.2 Å². The highest BCUT2D eigenvalue weighted by Gasteiger charge is 2.58. The zero-order chi connectivity index (χ0) is 19.0. The molecule has 1 amide bonds. The standard InChI is InChI=1S/C20H25F3N2O2/c21-20(22,23)18-14-3-1-13(2-4-14)17(18)19(26)25-15-7-10-27-16(11-15)12-5-8-24-9-6-12/h5-6,8-9,13-18H,1-4,7,10-11H2,(H,25,26)/t13?,14?,15?,16?,17-,18-/m0/s1. The molecule has 0 spiro atoms. The molecule has 3 aliphatic carbocycles. The number of aromatic nitrogens is 1. The van der Waals surface area contributed by atoms with Crippen LogP contribution in [0.3, 0.4) is 0 Å². The Balaban J connectivity index is 1.45. The number of fused-ring (bicyclic) bond motifs is 3. The van der Waals surface area contributed by atoms with E-state index in [0.29, 0.717) is 32.3 Å². The summed E-state index contributed by atoms with van der Waals surface area (Å²) in [5.41, 5.74) is 0.980. The number of nitrogens with zero attached hydrogens (tertiary/aromatic N) is 1. The summed E-state index contributed by atoms with van der Waals surface area (Å²) in [5, 5.41) is 2.94. The molecule has 4 aliphatic rings. The fourth-order valence-corrected chi connectivity index (χ4v) is 5.33. The molecule has 1 aliphatic heterocycles. The fraction of sp³-hybridized carbons (Fsp3) is 0.700. The average Bonchev–Trinajstić information content (AvgIpc) is 2.68. The van der Waals surface area contributed by atoms with E-state index in [4.69, 9.17) is 4.74 Å². The Morgan fingerprint density at radius 2 is 1.74 bits per heavy atom. The quantitative estimate of drug-likeness (QED) is 0.859. The molecule has 2 bridgehead atoms. The van der Waals surface area contributed by atoms with E-state index < -0.39 is 29.8 Å². The lowest BCUT2D eigenvalue weighted by Gasteiger charge is -2.48. The Morgan fingerprint density at radius 1 is 1.07 bits per heavy atom. The second-order valence-corrected chi connectivity index (χ2v) is 8.14. The smallest absolute Gasteiger partial charge is 0.373 e. The Bertz CT molecular complexity index is 659. The van der Waals surface area contributed by atoms with Crippen molar-refractivity contribution in [2.24, 2.45) is 23.7 Å². The summed E-state index contributed by atoms with van der Waals surface area (Å²) < 4.78 is 46.8. The maximum Gasteiger partial charge on any atom is 0.392 e. The molecule has 148 valence electrons. The second kappa shape index (κ2) is 7.41. The van der Waals surface area contributed by atoms with E-state index in [2.05, 4.69) is 10.3 Å². The number of nitrogens with one attached hydrogen (secondary N) is 1. The van der Waals surface area contributed by atoms with Crippen LogP contribution in [0.2, 0.25) is 0 Å². The van der Waals surface area contributed by atoms with Crippen LogP contribution in [0.1, 0.15) is 50.2 Å². The summed E-state index contributed by atoms with van der Waals surface area (Å²) in [4.78, 5) is 16.9. The molecule has 2 unspecified atom stereocenters. The van der Waals surface area contributed by atoms with Gasteiger partial charge in [-0.2, -0.15) is 13.2 Å². The van der Waals surface area contributed by atoms with Crippen molar-refractivity contribution in [1.29, 1.82) is 0 Å². The van der Waals surface area contributed by atoms with E-state index in [1.165, 1.54) is 0 Å². The van der Waals surface area contributed by atoms with Crippen molar-refractivity contribution in [3.8, 4) is 0 Å². The zero-order valence-corrected chi connectivity index (χ0v) is 15.1. The summed E-state index contributed by atoms with van der Waals surface area (Å²) in [6, 6.07) is 3.59. The van der Waals surface area contributed by atoms with Gasteiger partial charge < -0.3 is 10.1 Å². The Labute approximate surface area is 156 Å². The van der Waals surface area contributed by atoms with Gasteiger partial charge in [-0.25, -0.2) is 0 Å². The van der Waals surface area contributed by atoms with Crippen molar-refractivity contribution in [3.63, 3.8) is 0 Å². The third-order valence-electron chi connectivity index (χ3n) is 6.61. The first-order chi connectivity index (χ1) is 12.9. The topological polar surface area (TPSA) is 51.2 Å². The van der Waals surface area contributed by atoms with Gasteiger partial charge in [-0.3, -0.25) is 9.78 Å². The second-order valence-electron chi connectivity index (χ2n) is 8.14. The van der Waals surface area contributed by atoms with Gasteiger partial charge in [-0.15, -0.1) is 0 Å². The van der Waals surface area contributed by atoms with Crippen molar-refractivity contribution in [1.82, 2.24) is 10.3 Å². The van der Waals surface area contributed by atoms with Crippen LogP contribution in [0.15, 0.2) is 24.5 Å². The minimum Gasteiger partial charge on any atom is -0.373 e. The molecule has 2 heterocycles. The molecular weight excluding hydrogens is 357 g/mol. The first-order valence-electron chi connectivity index (χ1n) is 9.82. The van der Waals surface area contributed by atoms with Crippen molar-refractivity contribution in [2.75, 3.05) is 6.61 Å². The molecule has 1 aromatic rings. The molecule has 1 saturated heterocycles. The molecule has 0 aromatic carbocycles. The number of hydrogen-bond donors (Lipinski definition) is 1. The molecule has 4 atom stereocenters. The molecule has 1 aromatic heterocycles. The first kappa shape index (κ1) is 18.7. The molecule has 4 nitrogen and oxygen atoms in total. The lowest BCUT2D eigenvalue weighted by Crippen LogP contribution is -2.55. The van der Waals surface area contributed by atoms with Gasteiger partial charge in [0.05, 0.1) is 17.9 Å². The molecule has 4 fully saturated rings. The predicted octanol–water partition coefficient (Wildman–Crippen LogP) is 4.03. The molecule has 3 saturated carbocycles. The maximum atomic E-state index is 13.7. The minimum atomic E-state index is -4.30. The van der Waals surface area contributed by atoms with Crippen LogP contribution in [0.5, 0.6) is 0 Å². The van der Waals surface area contributed by atoms with Gasteiger partial charge in [0.15, 0.2) is 0 Å². The van der Waals surface area contributed by atoms with Gasteiger partial charge >= 0.3 is 6.18 Å². The highest BCUT2D eigenvalue weighted by molar-refractivity contribution is 5.80. The summed E-state index contributed by atoms with van der Waals surface area (Å²) in [5.74, 6) is -3.37. The summed E-state index contributed by atoms with van der Waals surface area (Å²) >= 11 is 0. The number of rotatable bonds is 3. The monoisotopic (exact) mass is 382 g/mol. The van der Waals surface area contributed by atoms with Gasteiger partial charge in [0.25, 0.3) is 0 Å². The van der Waals surface area contributed by atoms with E-state index in [9.17, 15) is 18.0 Å². The van der Waals surface area contributed by atoms with Crippen LogP contribution < -0.4 is 5.32 Å². The van der Waals surface area contributed by atoms with Crippen LogP contribution in [-0.4, -0.2) is 29.7 Å². The highest BCUT2D eigenvalue weighted by atomic mass is 19.4. The number of hydrogen-bond acceptors (Lipinski definition) is 3. The average molecular weight is 382 g/mol. The number of alkyl halides is 3. The lowest BCUT2D eigenvalue weighted by molar-refractivity contribution is -0.229. The number of amides is 1. The number of carbonyl (C=O) groups excluding carboxylic acids is 1. The lowest BCUT2D eigenvalue weighted by atomic mass is 9.58. The number of halogens is 3. The normalized spacial score (nSPS) is 36.4. The third kappa shape index (κ3) is 3.84. The van der Waals surface area contributed by atoms with Gasteiger partial charge in [0.1, 0.15) is 0 Å². The molecule has 0 radical (unpaired) electrons. The molecule has 5 rings (SSSR count). The van der Waals surface area contributed by atoms with Crippen LogP contribution in [0, 0.1) is 23.7 Å². The molecule has 27 heavy (non-hydrogen) atoms. The minimum absolute atomic E-state index is 0.141. The largest absolute Gasteiger partial charge is 0.392 e. The first-order valence-corrected chi connectivity index (χ1v) is 9.82. The third-order valence-corrected chi connectivity index (χ3v) is 6.61. The Hall–Kier alpha value is -1.63. The summed E-state index contributed by atoms with van der Waals surface area (Å²) in [6.45, 7) is 0.483. The van der Waals surface area contributed by atoms with Crippen molar-refractivity contribution < 1.29 is 22.7 Å². The number of pyridine rings is 1. The molecular formula is C20H25F3N2O2. The molecule has 7 heteroatoms. The fourth-order valence-electron chi connectivity index (χ4n) is 5.33. The zero-order valence-electron chi connectivity index (χ0n) is 15.1. The number of carbonyl (C=O) groups is 1. The SMILES string of the molecule is O=C(NC1CCOC(c2ccncc2)C1)[C@H]1C2CCC(CC2)[C@@H]1C(F)(F)F. The molecule has 1 N–H and O–H groups in total. The van der Waals surface area contributed by atoms with Crippen LogP contribution in [-0.2, 0) is 9.53 Å². The van der Waals surface area contributed by atoms with Crippen molar-refractivity contribution in [3.05, 3.63) is 30.1 Å². The van der Waals surface area contributed by atoms with Gasteiger partial charge in [0.2, 0.25) is 5.91 Å². The highest BCUT2D eigenvalue weighted by Crippen LogP contribution is 2.54. The summed E-state index contributed by atoms with van der Waals surface area (Å²) in [6.07, 6.45) is 2.79. The van der Waals surface area contributed by atoms with E-state index in [-0.39, 0.29) is 18.1 Å². The van der Waals surface area contributed by atoms with Crippen molar-refractivity contribution >= 4 is 5.91 Å². The van der Waals surface area contributed by atoms with E-state index >= 15 is 0 Å². The summed E-state index contributed by atoms with van der Waals surface area (Å²) in [7, 11) is 0. The van der Waals surface area contributed by atoms with Crippen LogP contribution >= 0.6 is 0 Å². The van der Waals surface area contributed by atoms with Gasteiger partial charge in [0, 0.05) is 25.0 Å². The maximum absolute atomic E-state index is 13.7.